The summed E-state index contributed by atoms with van der Waals surface area (Å²) >= 11 is 0. The van der Waals surface area contributed by atoms with Crippen molar-refractivity contribution in [2.45, 2.75) is 53.0 Å². The van der Waals surface area contributed by atoms with Crippen LogP contribution in [0.4, 0.5) is 11.6 Å². The predicted octanol–water partition coefficient (Wildman–Crippen LogP) is 5.15. The second-order valence-electron chi connectivity index (χ2n) is 8.85. The lowest BCUT2D eigenvalue weighted by Gasteiger charge is -2.41. The van der Waals surface area contributed by atoms with Gasteiger partial charge in [-0.3, -0.25) is 9.36 Å². The Balaban J connectivity index is 1.68. The zero-order valence-corrected chi connectivity index (χ0v) is 18.5. The van der Waals surface area contributed by atoms with Gasteiger partial charge < -0.3 is 10.6 Å². The van der Waals surface area contributed by atoms with Gasteiger partial charge in [0.2, 0.25) is 5.95 Å². The minimum atomic E-state index is 0.00231. The lowest BCUT2D eigenvalue weighted by Crippen LogP contribution is -2.37. The maximum atomic E-state index is 13.1. The third-order valence-corrected chi connectivity index (χ3v) is 6.80. The molecule has 0 amide bonds. The van der Waals surface area contributed by atoms with Crippen LogP contribution in [0.25, 0.3) is 10.9 Å². The smallest absolute Gasteiger partial charge is 0.262 e. The van der Waals surface area contributed by atoms with E-state index in [1.807, 2.05) is 32.2 Å². The van der Waals surface area contributed by atoms with Crippen molar-refractivity contribution in [1.82, 2.24) is 9.55 Å². The molecule has 0 atom stereocenters. The lowest BCUT2D eigenvalue weighted by molar-refractivity contribution is 0.144. The SMILES string of the molecule is CCC1(CNc2nc3c(CNc4ccccc4C)cc(C)cc3c(=O)n2C)CCC1. The van der Waals surface area contributed by atoms with Gasteiger partial charge >= 0.3 is 0 Å². The Morgan fingerprint density at radius 3 is 2.57 bits per heavy atom. The summed E-state index contributed by atoms with van der Waals surface area (Å²) in [5, 5.41) is 7.69. The molecule has 0 unspecified atom stereocenters. The van der Waals surface area contributed by atoms with Crippen LogP contribution in [0.2, 0.25) is 0 Å². The van der Waals surface area contributed by atoms with Gasteiger partial charge in [0, 0.05) is 25.8 Å². The van der Waals surface area contributed by atoms with Gasteiger partial charge in [-0.1, -0.05) is 37.6 Å². The number of anilines is 2. The fraction of sp³-hybridized carbons (Fsp3) is 0.440. The Morgan fingerprint density at radius 2 is 1.90 bits per heavy atom. The molecule has 1 heterocycles. The molecule has 0 aliphatic heterocycles. The van der Waals surface area contributed by atoms with E-state index in [0.29, 0.717) is 23.3 Å². The van der Waals surface area contributed by atoms with Gasteiger partial charge in [-0.15, -0.1) is 0 Å². The monoisotopic (exact) mass is 404 g/mol. The summed E-state index contributed by atoms with van der Waals surface area (Å²) in [6.07, 6.45) is 4.96. The number of fused-ring (bicyclic) bond motifs is 1. The Morgan fingerprint density at radius 1 is 1.13 bits per heavy atom. The average molecular weight is 405 g/mol. The highest BCUT2D eigenvalue weighted by Crippen LogP contribution is 2.43. The van der Waals surface area contributed by atoms with Gasteiger partial charge in [-0.25, -0.2) is 4.98 Å². The minimum absolute atomic E-state index is 0.00231. The fourth-order valence-corrected chi connectivity index (χ4v) is 4.46. The van der Waals surface area contributed by atoms with E-state index < -0.39 is 0 Å². The summed E-state index contributed by atoms with van der Waals surface area (Å²) in [4.78, 5) is 18.0. The third-order valence-electron chi connectivity index (χ3n) is 6.80. The zero-order valence-electron chi connectivity index (χ0n) is 18.5. The quantitative estimate of drug-likeness (QED) is 0.571. The van der Waals surface area contributed by atoms with Crippen LogP contribution in [0.1, 0.15) is 49.3 Å². The summed E-state index contributed by atoms with van der Waals surface area (Å²) in [5.41, 5.74) is 5.56. The van der Waals surface area contributed by atoms with E-state index in [1.54, 1.807) is 4.57 Å². The summed E-state index contributed by atoms with van der Waals surface area (Å²) in [5.74, 6) is 0.660. The topological polar surface area (TPSA) is 59.0 Å². The van der Waals surface area contributed by atoms with Crippen LogP contribution in [0, 0.1) is 19.3 Å². The van der Waals surface area contributed by atoms with Crippen molar-refractivity contribution in [3.8, 4) is 0 Å². The molecule has 1 aliphatic carbocycles. The molecule has 5 heteroatoms. The summed E-state index contributed by atoms with van der Waals surface area (Å²) in [6.45, 7) is 7.88. The van der Waals surface area contributed by atoms with Crippen LogP contribution in [-0.2, 0) is 13.6 Å². The summed E-state index contributed by atoms with van der Waals surface area (Å²) in [6, 6.07) is 12.3. The molecule has 1 aliphatic rings. The van der Waals surface area contributed by atoms with Gasteiger partial charge in [-0.2, -0.15) is 0 Å². The third kappa shape index (κ3) is 3.81. The standard InChI is InChI=1S/C25H32N4O/c1-5-25(11-8-12-25)16-27-24-28-22-19(15-26-21-10-7-6-9-18(21)3)13-17(2)14-20(22)23(30)29(24)4/h6-7,9-10,13-14,26H,5,8,11-12,15-16H2,1-4H3,(H,27,28). The van der Waals surface area contributed by atoms with E-state index in [2.05, 4.69) is 42.7 Å². The molecule has 2 aromatic carbocycles. The van der Waals surface area contributed by atoms with Crippen molar-refractivity contribution in [2.24, 2.45) is 12.5 Å². The Kier molecular flexibility index (Phi) is 5.54. The number of aromatic nitrogens is 2. The number of rotatable bonds is 7. The largest absolute Gasteiger partial charge is 0.381 e. The van der Waals surface area contributed by atoms with E-state index in [0.717, 1.165) is 35.3 Å². The van der Waals surface area contributed by atoms with Gasteiger partial charge in [-0.05, 0) is 67.3 Å². The van der Waals surface area contributed by atoms with Crippen LogP contribution in [0.15, 0.2) is 41.2 Å². The number of hydrogen-bond donors (Lipinski definition) is 2. The average Bonchev–Trinajstić information content (AvgIpc) is 2.70. The van der Waals surface area contributed by atoms with Crippen LogP contribution in [-0.4, -0.2) is 16.1 Å². The van der Waals surface area contributed by atoms with Crippen molar-refractivity contribution >= 4 is 22.5 Å². The summed E-state index contributed by atoms with van der Waals surface area (Å²) < 4.78 is 1.66. The Bertz CT molecular complexity index is 1120. The molecule has 0 spiro atoms. The number of nitrogens with zero attached hydrogens (tertiary/aromatic N) is 2. The normalized spacial score (nSPS) is 15.1. The molecule has 158 valence electrons. The first-order valence-electron chi connectivity index (χ1n) is 11.0. The molecule has 0 bridgehead atoms. The Hall–Kier alpha value is -2.82. The van der Waals surface area contributed by atoms with Crippen LogP contribution in [0.3, 0.4) is 0 Å². The molecule has 1 saturated carbocycles. The highest BCUT2D eigenvalue weighted by Gasteiger charge is 2.35. The second kappa shape index (κ2) is 8.13. The molecule has 2 N–H and O–H groups in total. The number of nitrogens with one attached hydrogen (secondary N) is 2. The maximum absolute atomic E-state index is 13.1. The number of aryl methyl sites for hydroxylation is 2. The van der Waals surface area contributed by atoms with Crippen LogP contribution < -0.4 is 16.2 Å². The molecule has 0 saturated heterocycles. The van der Waals surface area contributed by atoms with Crippen molar-refractivity contribution in [2.75, 3.05) is 17.2 Å². The van der Waals surface area contributed by atoms with E-state index in [1.165, 1.54) is 24.8 Å². The van der Waals surface area contributed by atoms with Crippen molar-refractivity contribution in [3.05, 3.63) is 63.4 Å². The molecule has 5 nitrogen and oxygen atoms in total. The molecular weight excluding hydrogens is 372 g/mol. The lowest BCUT2D eigenvalue weighted by atomic mass is 9.67. The fourth-order valence-electron chi connectivity index (χ4n) is 4.46. The van der Waals surface area contributed by atoms with Crippen LogP contribution >= 0.6 is 0 Å². The van der Waals surface area contributed by atoms with E-state index in [4.69, 9.17) is 4.98 Å². The number of hydrogen-bond acceptors (Lipinski definition) is 4. The van der Waals surface area contributed by atoms with Crippen molar-refractivity contribution in [3.63, 3.8) is 0 Å². The van der Waals surface area contributed by atoms with Crippen molar-refractivity contribution < 1.29 is 0 Å². The highest BCUT2D eigenvalue weighted by atomic mass is 16.1. The number of para-hydroxylation sites is 1. The van der Waals surface area contributed by atoms with Gasteiger partial charge in [0.05, 0.1) is 10.9 Å². The first-order chi connectivity index (χ1) is 14.4. The first-order valence-corrected chi connectivity index (χ1v) is 11.0. The van der Waals surface area contributed by atoms with E-state index in [-0.39, 0.29) is 5.56 Å². The van der Waals surface area contributed by atoms with Gasteiger partial charge in [0.15, 0.2) is 0 Å². The molecule has 4 rings (SSSR count). The molecule has 3 aromatic rings. The van der Waals surface area contributed by atoms with E-state index in [9.17, 15) is 4.79 Å². The van der Waals surface area contributed by atoms with Crippen LogP contribution in [0.5, 0.6) is 0 Å². The molecular formula is C25H32N4O. The highest BCUT2D eigenvalue weighted by molar-refractivity contribution is 5.83. The molecule has 1 aromatic heterocycles. The number of benzene rings is 2. The van der Waals surface area contributed by atoms with Gasteiger partial charge in [0.1, 0.15) is 0 Å². The molecule has 30 heavy (non-hydrogen) atoms. The maximum Gasteiger partial charge on any atom is 0.262 e. The minimum Gasteiger partial charge on any atom is -0.381 e. The molecule has 0 radical (unpaired) electrons. The Labute approximate surface area is 178 Å². The predicted molar refractivity (Wildman–Crippen MR) is 125 cm³/mol. The second-order valence-corrected chi connectivity index (χ2v) is 8.85. The van der Waals surface area contributed by atoms with Crippen molar-refractivity contribution in [1.29, 1.82) is 0 Å². The van der Waals surface area contributed by atoms with Gasteiger partial charge in [0.25, 0.3) is 5.56 Å². The summed E-state index contributed by atoms with van der Waals surface area (Å²) in [7, 11) is 1.81. The first kappa shape index (κ1) is 20.5. The molecule has 1 fully saturated rings. The zero-order chi connectivity index (χ0) is 21.3. The van der Waals surface area contributed by atoms with E-state index >= 15 is 0 Å².